The molecule has 1 aliphatic rings. The van der Waals surface area contributed by atoms with E-state index in [1.54, 1.807) is 12.1 Å². The average molecular weight is 234 g/mol. The number of pyridine rings is 1. The number of hydrogen-bond donors (Lipinski definition) is 1. The Morgan fingerprint density at radius 1 is 1.29 bits per heavy atom. The summed E-state index contributed by atoms with van der Waals surface area (Å²) in [6, 6.07) is 3.44. The number of nitrogen functional groups attached to an aromatic ring is 1. The van der Waals surface area contributed by atoms with E-state index in [1.807, 2.05) is 11.8 Å². The molecule has 0 radical (unpaired) electrons. The fourth-order valence-electron chi connectivity index (χ4n) is 2.01. The maximum absolute atomic E-state index is 12.2. The van der Waals surface area contributed by atoms with Crippen molar-refractivity contribution in [3.8, 4) is 0 Å². The molecule has 1 amide bonds. The second-order valence-corrected chi connectivity index (χ2v) is 4.52. The predicted octanol–water partition coefficient (Wildman–Crippen LogP) is 0.360. The van der Waals surface area contributed by atoms with Crippen LogP contribution in [0, 0.1) is 6.92 Å². The molecule has 17 heavy (non-hydrogen) atoms. The van der Waals surface area contributed by atoms with Crippen molar-refractivity contribution in [1.29, 1.82) is 0 Å². The van der Waals surface area contributed by atoms with Gasteiger partial charge in [0.2, 0.25) is 0 Å². The van der Waals surface area contributed by atoms with Crippen LogP contribution in [0.4, 0.5) is 5.82 Å². The number of aromatic nitrogens is 1. The number of piperazine rings is 1. The molecule has 1 fully saturated rings. The van der Waals surface area contributed by atoms with Crippen molar-refractivity contribution in [2.45, 2.75) is 6.92 Å². The molecule has 1 aromatic rings. The van der Waals surface area contributed by atoms with Crippen LogP contribution in [-0.4, -0.2) is 53.9 Å². The van der Waals surface area contributed by atoms with Gasteiger partial charge in [-0.05, 0) is 26.1 Å². The van der Waals surface area contributed by atoms with Gasteiger partial charge in [0.05, 0.1) is 0 Å². The smallest absolute Gasteiger partial charge is 0.254 e. The van der Waals surface area contributed by atoms with E-state index < -0.39 is 0 Å². The molecule has 0 bridgehead atoms. The summed E-state index contributed by atoms with van der Waals surface area (Å²) in [7, 11) is 2.07. The number of amides is 1. The highest BCUT2D eigenvalue weighted by Gasteiger charge is 2.20. The SMILES string of the molecule is Cc1cc(C(=O)N2CCN(C)CC2)cc(N)n1. The number of carbonyl (C=O) groups is 1. The Morgan fingerprint density at radius 2 is 1.94 bits per heavy atom. The van der Waals surface area contributed by atoms with E-state index in [-0.39, 0.29) is 5.91 Å². The van der Waals surface area contributed by atoms with Gasteiger partial charge in [0, 0.05) is 37.4 Å². The van der Waals surface area contributed by atoms with Crippen LogP contribution in [0.2, 0.25) is 0 Å². The Balaban J connectivity index is 2.14. The van der Waals surface area contributed by atoms with E-state index in [1.165, 1.54) is 0 Å². The fourth-order valence-corrected chi connectivity index (χ4v) is 2.01. The lowest BCUT2D eigenvalue weighted by atomic mass is 10.2. The van der Waals surface area contributed by atoms with Crippen LogP contribution < -0.4 is 5.73 Å². The quantitative estimate of drug-likeness (QED) is 0.762. The highest BCUT2D eigenvalue weighted by molar-refractivity contribution is 5.95. The summed E-state index contributed by atoms with van der Waals surface area (Å²) < 4.78 is 0. The van der Waals surface area contributed by atoms with E-state index in [9.17, 15) is 4.79 Å². The summed E-state index contributed by atoms with van der Waals surface area (Å²) in [5, 5.41) is 0. The van der Waals surface area contributed by atoms with Gasteiger partial charge in [-0.1, -0.05) is 0 Å². The van der Waals surface area contributed by atoms with Gasteiger partial charge in [-0.15, -0.1) is 0 Å². The molecule has 0 spiro atoms. The molecule has 5 nitrogen and oxygen atoms in total. The first-order valence-electron chi connectivity index (χ1n) is 5.78. The van der Waals surface area contributed by atoms with Crippen LogP contribution in [0.5, 0.6) is 0 Å². The molecule has 2 heterocycles. The molecule has 92 valence electrons. The zero-order valence-corrected chi connectivity index (χ0v) is 10.3. The number of rotatable bonds is 1. The first-order valence-corrected chi connectivity index (χ1v) is 5.78. The molecule has 1 aliphatic heterocycles. The Kier molecular flexibility index (Phi) is 3.28. The average Bonchev–Trinajstić information content (AvgIpc) is 2.28. The van der Waals surface area contributed by atoms with E-state index in [0.717, 1.165) is 31.9 Å². The molecule has 0 unspecified atom stereocenters. The number of nitrogens with two attached hydrogens (primary N) is 1. The summed E-state index contributed by atoms with van der Waals surface area (Å²) in [5.41, 5.74) is 7.08. The van der Waals surface area contributed by atoms with Crippen LogP contribution in [0.15, 0.2) is 12.1 Å². The lowest BCUT2D eigenvalue weighted by Crippen LogP contribution is -2.47. The molecular formula is C12H18N4O. The second kappa shape index (κ2) is 4.71. The minimum Gasteiger partial charge on any atom is -0.384 e. The number of carbonyl (C=O) groups excluding carboxylic acids is 1. The monoisotopic (exact) mass is 234 g/mol. The molecule has 1 aromatic heterocycles. The van der Waals surface area contributed by atoms with Crippen molar-refractivity contribution >= 4 is 11.7 Å². The van der Waals surface area contributed by atoms with Gasteiger partial charge >= 0.3 is 0 Å². The van der Waals surface area contributed by atoms with E-state index in [4.69, 9.17) is 5.73 Å². The number of likely N-dealkylation sites (N-methyl/N-ethyl adjacent to an activating group) is 1. The first-order chi connectivity index (χ1) is 8.06. The van der Waals surface area contributed by atoms with Gasteiger partial charge in [0.25, 0.3) is 5.91 Å². The highest BCUT2D eigenvalue weighted by Crippen LogP contribution is 2.11. The second-order valence-electron chi connectivity index (χ2n) is 4.52. The molecule has 0 saturated carbocycles. The predicted molar refractivity (Wildman–Crippen MR) is 66.8 cm³/mol. The number of hydrogen-bond acceptors (Lipinski definition) is 4. The molecule has 0 aliphatic carbocycles. The highest BCUT2D eigenvalue weighted by atomic mass is 16.2. The van der Waals surface area contributed by atoms with Crippen LogP contribution in [0.1, 0.15) is 16.1 Å². The molecule has 0 atom stereocenters. The third kappa shape index (κ3) is 2.74. The van der Waals surface area contributed by atoms with E-state index in [0.29, 0.717) is 11.4 Å². The van der Waals surface area contributed by atoms with Crippen molar-refractivity contribution in [2.75, 3.05) is 39.0 Å². The summed E-state index contributed by atoms with van der Waals surface area (Å²) >= 11 is 0. The van der Waals surface area contributed by atoms with Crippen molar-refractivity contribution in [3.63, 3.8) is 0 Å². The van der Waals surface area contributed by atoms with Crippen LogP contribution in [-0.2, 0) is 0 Å². The Hall–Kier alpha value is -1.62. The summed E-state index contributed by atoms with van der Waals surface area (Å²) in [6.45, 7) is 5.24. The van der Waals surface area contributed by atoms with Gasteiger partial charge in [0.1, 0.15) is 5.82 Å². The van der Waals surface area contributed by atoms with E-state index in [2.05, 4.69) is 16.9 Å². The Labute approximate surface area is 101 Å². The molecule has 1 saturated heterocycles. The van der Waals surface area contributed by atoms with Crippen LogP contribution >= 0.6 is 0 Å². The van der Waals surface area contributed by atoms with Gasteiger partial charge < -0.3 is 15.5 Å². The van der Waals surface area contributed by atoms with Gasteiger partial charge in [0.15, 0.2) is 0 Å². The van der Waals surface area contributed by atoms with Crippen LogP contribution in [0.25, 0.3) is 0 Å². The molecule has 2 N–H and O–H groups in total. The van der Waals surface area contributed by atoms with Crippen molar-refractivity contribution in [1.82, 2.24) is 14.8 Å². The summed E-state index contributed by atoms with van der Waals surface area (Å²) in [5.74, 6) is 0.456. The third-order valence-electron chi connectivity index (χ3n) is 3.01. The van der Waals surface area contributed by atoms with Crippen LogP contribution in [0.3, 0.4) is 0 Å². The number of nitrogens with zero attached hydrogens (tertiary/aromatic N) is 3. The molecule has 5 heteroatoms. The molecular weight excluding hydrogens is 216 g/mol. The number of anilines is 1. The van der Waals surface area contributed by atoms with Gasteiger partial charge in [-0.2, -0.15) is 0 Å². The normalized spacial score (nSPS) is 17.2. The largest absolute Gasteiger partial charge is 0.384 e. The third-order valence-corrected chi connectivity index (χ3v) is 3.01. The zero-order valence-electron chi connectivity index (χ0n) is 10.3. The first kappa shape index (κ1) is 11.9. The van der Waals surface area contributed by atoms with E-state index >= 15 is 0 Å². The zero-order chi connectivity index (χ0) is 12.4. The maximum Gasteiger partial charge on any atom is 0.254 e. The van der Waals surface area contributed by atoms with Crippen molar-refractivity contribution < 1.29 is 4.79 Å². The lowest BCUT2D eigenvalue weighted by Gasteiger charge is -2.32. The van der Waals surface area contributed by atoms with Gasteiger partial charge in [-0.25, -0.2) is 4.98 Å². The lowest BCUT2D eigenvalue weighted by molar-refractivity contribution is 0.0664. The fraction of sp³-hybridized carbons (Fsp3) is 0.500. The molecule has 2 rings (SSSR count). The maximum atomic E-state index is 12.2. The minimum atomic E-state index is 0.0512. The number of aryl methyl sites for hydroxylation is 1. The van der Waals surface area contributed by atoms with Crippen molar-refractivity contribution in [2.24, 2.45) is 0 Å². The van der Waals surface area contributed by atoms with Gasteiger partial charge in [-0.3, -0.25) is 4.79 Å². The topological polar surface area (TPSA) is 62.5 Å². The summed E-state index contributed by atoms with van der Waals surface area (Å²) in [4.78, 5) is 20.4. The van der Waals surface area contributed by atoms with Crippen molar-refractivity contribution in [3.05, 3.63) is 23.4 Å². The Bertz CT molecular complexity index is 404. The standard InChI is InChI=1S/C12H18N4O/c1-9-7-10(8-11(13)14-9)12(17)16-5-3-15(2)4-6-16/h7-8H,3-6H2,1-2H3,(H2,13,14). The minimum absolute atomic E-state index is 0.0512. The molecule has 0 aromatic carbocycles. The Morgan fingerprint density at radius 3 is 2.53 bits per heavy atom. The summed E-state index contributed by atoms with van der Waals surface area (Å²) in [6.07, 6.45) is 0.